The molecule has 0 atom stereocenters. The third kappa shape index (κ3) is 4.33. The number of methoxy groups -OCH3 is 1. The van der Waals surface area contributed by atoms with Crippen LogP contribution in [-0.2, 0) is 0 Å². The number of nitrogens with one attached hydrogen (secondary N) is 1. The van der Waals surface area contributed by atoms with Crippen LogP contribution in [0.5, 0.6) is 11.5 Å². The van der Waals surface area contributed by atoms with Gasteiger partial charge in [0.25, 0.3) is 5.91 Å². The summed E-state index contributed by atoms with van der Waals surface area (Å²) >= 11 is 0. The van der Waals surface area contributed by atoms with Gasteiger partial charge in [-0.3, -0.25) is 9.59 Å². The van der Waals surface area contributed by atoms with Crippen LogP contribution in [0.2, 0.25) is 0 Å². The zero-order valence-electron chi connectivity index (χ0n) is 15.0. The number of carbonyl (C=O) groups is 1. The second-order valence-electron chi connectivity index (χ2n) is 5.58. The fourth-order valence-corrected chi connectivity index (χ4v) is 2.44. The number of hydrogen-bond donors (Lipinski definition) is 1. The number of benzene rings is 2. The van der Waals surface area contributed by atoms with Gasteiger partial charge in [0.2, 0.25) is 5.43 Å². The van der Waals surface area contributed by atoms with Gasteiger partial charge in [-0.15, -0.1) is 0 Å². The molecule has 1 heterocycles. The van der Waals surface area contributed by atoms with E-state index in [0.29, 0.717) is 29.5 Å². The summed E-state index contributed by atoms with van der Waals surface area (Å²) in [5.41, 5.74) is 0.598. The molecular formula is C20H19N3O4. The molecule has 0 unspecified atom stereocenters. The van der Waals surface area contributed by atoms with Crippen molar-refractivity contribution >= 4 is 11.6 Å². The molecular weight excluding hydrogens is 346 g/mol. The predicted octanol–water partition coefficient (Wildman–Crippen LogP) is 2.89. The molecule has 0 aliphatic carbocycles. The van der Waals surface area contributed by atoms with Gasteiger partial charge in [-0.2, -0.15) is 5.10 Å². The van der Waals surface area contributed by atoms with Crippen LogP contribution < -0.4 is 20.2 Å². The average Bonchev–Trinajstić information content (AvgIpc) is 2.70. The van der Waals surface area contributed by atoms with Crippen LogP contribution in [0.25, 0.3) is 5.69 Å². The highest BCUT2D eigenvalue weighted by atomic mass is 16.5. The van der Waals surface area contributed by atoms with E-state index in [4.69, 9.17) is 9.47 Å². The number of aromatic nitrogens is 2. The summed E-state index contributed by atoms with van der Waals surface area (Å²) in [5, 5.41) is 6.84. The Kier molecular flexibility index (Phi) is 5.51. The van der Waals surface area contributed by atoms with Crippen LogP contribution in [0.3, 0.4) is 0 Å². The quantitative estimate of drug-likeness (QED) is 0.726. The standard InChI is InChI=1S/C20H19N3O4/c1-3-27-17-8-4-14(5-9-17)21-20(25)19-18(24)12-13-23(22-19)15-6-10-16(26-2)11-7-15/h4-13H,3H2,1-2H3,(H,21,25). The third-order valence-electron chi connectivity index (χ3n) is 3.78. The minimum Gasteiger partial charge on any atom is -0.497 e. The minimum atomic E-state index is -0.577. The lowest BCUT2D eigenvalue weighted by Gasteiger charge is -2.09. The third-order valence-corrected chi connectivity index (χ3v) is 3.78. The largest absolute Gasteiger partial charge is 0.497 e. The molecule has 0 fully saturated rings. The first kappa shape index (κ1) is 18.2. The second-order valence-corrected chi connectivity index (χ2v) is 5.58. The number of amides is 1. The van der Waals surface area contributed by atoms with Gasteiger partial charge in [-0.05, 0) is 55.5 Å². The lowest BCUT2D eigenvalue weighted by atomic mass is 10.2. The van der Waals surface area contributed by atoms with Crippen molar-refractivity contribution < 1.29 is 14.3 Å². The van der Waals surface area contributed by atoms with E-state index in [0.717, 1.165) is 0 Å². The van der Waals surface area contributed by atoms with E-state index in [-0.39, 0.29) is 5.69 Å². The molecule has 0 aliphatic heterocycles. The summed E-state index contributed by atoms with van der Waals surface area (Å²) < 4.78 is 12.0. The SMILES string of the molecule is CCOc1ccc(NC(=O)c2nn(-c3ccc(OC)cc3)ccc2=O)cc1. The number of ether oxygens (including phenoxy) is 2. The van der Waals surface area contributed by atoms with Crippen molar-refractivity contribution in [2.24, 2.45) is 0 Å². The molecule has 0 saturated heterocycles. The molecule has 0 saturated carbocycles. The molecule has 3 rings (SSSR count). The maximum absolute atomic E-state index is 12.5. The van der Waals surface area contributed by atoms with Gasteiger partial charge in [0.15, 0.2) is 5.69 Å². The first-order chi connectivity index (χ1) is 13.1. The van der Waals surface area contributed by atoms with Crippen molar-refractivity contribution in [3.05, 3.63) is 76.7 Å². The molecule has 1 amide bonds. The van der Waals surface area contributed by atoms with E-state index in [1.54, 1.807) is 55.6 Å². The summed E-state index contributed by atoms with van der Waals surface area (Å²) in [6.07, 6.45) is 1.51. The Morgan fingerprint density at radius 3 is 2.33 bits per heavy atom. The summed E-state index contributed by atoms with van der Waals surface area (Å²) in [7, 11) is 1.58. The molecule has 138 valence electrons. The molecule has 0 spiro atoms. The Morgan fingerprint density at radius 1 is 1.04 bits per heavy atom. The van der Waals surface area contributed by atoms with Crippen LogP contribution in [0, 0.1) is 0 Å². The van der Waals surface area contributed by atoms with Gasteiger partial charge >= 0.3 is 0 Å². The number of anilines is 1. The number of hydrogen-bond acceptors (Lipinski definition) is 5. The van der Waals surface area contributed by atoms with Gasteiger partial charge in [0.05, 0.1) is 19.4 Å². The molecule has 1 N–H and O–H groups in total. The Bertz CT molecular complexity index is 979. The van der Waals surface area contributed by atoms with Crippen molar-refractivity contribution in [2.45, 2.75) is 6.92 Å². The van der Waals surface area contributed by atoms with Gasteiger partial charge < -0.3 is 14.8 Å². The molecule has 1 aromatic heterocycles. The minimum absolute atomic E-state index is 0.192. The highest BCUT2D eigenvalue weighted by Gasteiger charge is 2.14. The average molecular weight is 365 g/mol. The van der Waals surface area contributed by atoms with Crippen molar-refractivity contribution in [2.75, 3.05) is 19.0 Å². The van der Waals surface area contributed by atoms with E-state index in [1.165, 1.54) is 16.9 Å². The maximum Gasteiger partial charge on any atom is 0.280 e. The van der Waals surface area contributed by atoms with Crippen LogP contribution in [0.4, 0.5) is 5.69 Å². The summed E-state index contributed by atoms with van der Waals surface area (Å²) in [4.78, 5) is 24.6. The van der Waals surface area contributed by atoms with Gasteiger partial charge in [0, 0.05) is 18.0 Å². The maximum atomic E-state index is 12.5. The molecule has 7 nitrogen and oxygen atoms in total. The van der Waals surface area contributed by atoms with E-state index < -0.39 is 11.3 Å². The van der Waals surface area contributed by atoms with Crippen LogP contribution >= 0.6 is 0 Å². The van der Waals surface area contributed by atoms with Gasteiger partial charge in [-0.1, -0.05) is 0 Å². The Balaban J connectivity index is 1.82. The smallest absolute Gasteiger partial charge is 0.280 e. The van der Waals surface area contributed by atoms with E-state index >= 15 is 0 Å². The van der Waals surface area contributed by atoms with E-state index in [1.807, 2.05) is 6.92 Å². The van der Waals surface area contributed by atoms with E-state index in [2.05, 4.69) is 10.4 Å². The fraction of sp³-hybridized carbons (Fsp3) is 0.150. The number of rotatable bonds is 6. The molecule has 3 aromatic rings. The van der Waals surface area contributed by atoms with Crippen molar-refractivity contribution in [1.82, 2.24) is 9.78 Å². The first-order valence-electron chi connectivity index (χ1n) is 8.39. The molecule has 0 bridgehead atoms. The molecule has 7 heteroatoms. The van der Waals surface area contributed by atoms with Crippen LogP contribution in [0.15, 0.2) is 65.6 Å². The molecule has 0 aliphatic rings. The van der Waals surface area contributed by atoms with Crippen molar-refractivity contribution in [3.63, 3.8) is 0 Å². The molecule has 27 heavy (non-hydrogen) atoms. The highest BCUT2D eigenvalue weighted by Crippen LogP contribution is 2.16. The van der Waals surface area contributed by atoms with Crippen LogP contribution in [0.1, 0.15) is 17.4 Å². The fourth-order valence-electron chi connectivity index (χ4n) is 2.44. The normalized spacial score (nSPS) is 10.3. The Morgan fingerprint density at radius 2 is 1.70 bits per heavy atom. The Labute approximate surface area is 156 Å². The Hall–Kier alpha value is -3.61. The summed E-state index contributed by atoms with van der Waals surface area (Å²) in [6.45, 7) is 2.45. The number of nitrogens with zero attached hydrogens (tertiary/aromatic N) is 2. The monoisotopic (exact) mass is 365 g/mol. The van der Waals surface area contributed by atoms with Gasteiger partial charge in [-0.25, -0.2) is 4.68 Å². The first-order valence-corrected chi connectivity index (χ1v) is 8.39. The molecule has 0 radical (unpaired) electrons. The van der Waals surface area contributed by atoms with Crippen molar-refractivity contribution in [3.8, 4) is 17.2 Å². The molecule has 2 aromatic carbocycles. The zero-order valence-corrected chi connectivity index (χ0v) is 15.0. The number of carbonyl (C=O) groups excluding carboxylic acids is 1. The summed E-state index contributed by atoms with van der Waals surface area (Å²) in [5.74, 6) is 0.829. The summed E-state index contributed by atoms with van der Waals surface area (Å²) in [6, 6.07) is 15.3. The zero-order chi connectivity index (χ0) is 19.2. The second kappa shape index (κ2) is 8.18. The lowest BCUT2D eigenvalue weighted by Crippen LogP contribution is -2.25. The van der Waals surface area contributed by atoms with E-state index in [9.17, 15) is 9.59 Å². The highest BCUT2D eigenvalue weighted by molar-refractivity contribution is 6.02. The predicted molar refractivity (Wildman–Crippen MR) is 102 cm³/mol. The topological polar surface area (TPSA) is 82.4 Å². The van der Waals surface area contributed by atoms with Gasteiger partial charge in [0.1, 0.15) is 11.5 Å². The lowest BCUT2D eigenvalue weighted by molar-refractivity contribution is 0.101. The van der Waals surface area contributed by atoms with Crippen molar-refractivity contribution in [1.29, 1.82) is 0 Å². The van der Waals surface area contributed by atoms with Crippen LogP contribution in [-0.4, -0.2) is 29.4 Å².